The minimum atomic E-state index is -0.422. The van der Waals surface area contributed by atoms with E-state index < -0.39 is 5.63 Å². The molecular weight excluding hydrogens is 306 g/mol. The predicted octanol–water partition coefficient (Wildman–Crippen LogP) is 3.14. The van der Waals surface area contributed by atoms with E-state index in [0.29, 0.717) is 18.7 Å². The van der Waals surface area contributed by atoms with E-state index in [4.69, 9.17) is 9.15 Å². The fraction of sp³-hybridized carbons (Fsp3) is 0.211. The highest BCUT2D eigenvalue weighted by molar-refractivity contribution is 5.81. The lowest BCUT2D eigenvalue weighted by Crippen LogP contribution is -2.19. The Labute approximate surface area is 139 Å². The maximum absolute atomic E-state index is 11.8. The molecule has 0 radical (unpaired) electrons. The zero-order valence-corrected chi connectivity index (χ0v) is 13.7. The van der Waals surface area contributed by atoms with E-state index in [2.05, 4.69) is 4.90 Å². The maximum Gasteiger partial charge on any atom is 0.336 e. The van der Waals surface area contributed by atoms with Gasteiger partial charge in [-0.15, -0.1) is 0 Å². The summed E-state index contributed by atoms with van der Waals surface area (Å²) in [6, 6.07) is 14.2. The highest BCUT2D eigenvalue weighted by Gasteiger charge is 2.11. The van der Waals surface area contributed by atoms with Gasteiger partial charge in [0.05, 0.1) is 7.11 Å². The molecule has 1 aromatic heterocycles. The number of phenols is 1. The molecule has 0 amide bonds. The lowest BCUT2D eigenvalue weighted by Gasteiger charge is -2.19. The zero-order chi connectivity index (χ0) is 17.1. The fourth-order valence-electron chi connectivity index (χ4n) is 2.82. The van der Waals surface area contributed by atoms with E-state index in [9.17, 15) is 9.90 Å². The quantitative estimate of drug-likeness (QED) is 0.730. The monoisotopic (exact) mass is 325 g/mol. The Morgan fingerprint density at radius 3 is 2.62 bits per heavy atom. The Kier molecular flexibility index (Phi) is 4.53. The van der Waals surface area contributed by atoms with Crippen LogP contribution in [0.3, 0.4) is 0 Å². The van der Waals surface area contributed by atoms with Crippen molar-refractivity contribution in [1.29, 1.82) is 0 Å². The van der Waals surface area contributed by atoms with Gasteiger partial charge in [0, 0.05) is 36.2 Å². The Balaban J connectivity index is 1.88. The number of hydrogen-bond donors (Lipinski definition) is 1. The Bertz CT molecular complexity index is 917. The van der Waals surface area contributed by atoms with Gasteiger partial charge in [0.15, 0.2) is 0 Å². The molecule has 1 N–H and O–H groups in total. The number of hydrogen-bond acceptors (Lipinski definition) is 5. The highest BCUT2D eigenvalue weighted by atomic mass is 16.5. The highest BCUT2D eigenvalue weighted by Crippen LogP contribution is 2.24. The van der Waals surface area contributed by atoms with Gasteiger partial charge in [-0.05, 0) is 30.8 Å². The molecule has 0 unspecified atom stereocenters. The van der Waals surface area contributed by atoms with Crippen LogP contribution in [0.1, 0.15) is 11.1 Å². The van der Waals surface area contributed by atoms with Crippen molar-refractivity contribution >= 4 is 11.0 Å². The molecular formula is C19H19NO4. The topological polar surface area (TPSA) is 62.9 Å². The zero-order valence-electron chi connectivity index (χ0n) is 13.7. The van der Waals surface area contributed by atoms with E-state index >= 15 is 0 Å². The average molecular weight is 325 g/mol. The maximum atomic E-state index is 11.8. The third-order valence-electron chi connectivity index (χ3n) is 3.89. The number of methoxy groups -OCH3 is 1. The molecule has 0 spiro atoms. The molecule has 0 atom stereocenters. The van der Waals surface area contributed by atoms with Gasteiger partial charge in [-0.3, -0.25) is 4.90 Å². The first-order valence-electron chi connectivity index (χ1n) is 7.63. The van der Waals surface area contributed by atoms with Crippen LogP contribution in [0.15, 0.2) is 57.7 Å². The van der Waals surface area contributed by atoms with Crippen molar-refractivity contribution in [2.24, 2.45) is 0 Å². The summed E-state index contributed by atoms with van der Waals surface area (Å²) >= 11 is 0. The number of aromatic hydroxyl groups is 1. The SMILES string of the molecule is COc1ccccc1CN(C)Cc1cc(=O)oc2cc(O)ccc12. The Morgan fingerprint density at radius 2 is 1.83 bits per heavy atom. The summed E-state index contributed by atoms with van der Waals surface area (Å²) in [6.07, 6.45) is 0. The van der Waals surface area contributed by atoms with E-state index in [1.165, 1.54) is 12.1 Å². The number of rotatable bonds is 5. The van der Waals surface area contributed by atoms with Gasteiger partial charge in [0.25, 0.3) is 0 Å². The van der Waals surface area contributed by atoms with Crippen molar-refractivity contribution in [3.8, 4) is 11.5 Å². The molecule has 0 aliphatic carbocycles. The van der Waals surface area contributed by atoms with Crippen molar-refractivity contribution < 1.29 is 14.3 Å². The molecule has 124 valence electrons. The standard InChI is InChI=1S/C19H19NO4/c1-20(11-13-5-3-4-6-17(13)23-2)12-14-9-19(22)24-18-10-15(21)7-8-16(14)18/h3-10,21H,11-12H2,1-2H3. The minimum Gasteiger partial charge on any atom is -0.508 e. The molecule has 0 saturated heterocycles. The summed E-state index contributed by atoms with van der Waals surface area (Å²) in [6.45, 7) is 1.26. The molecule has 5 nitrogen and oxygen atoms in total. The third kappa shape index (κ3) is 3.41. The van der Waals surface area contributed by atoms with Crippen LogP contribution in [0.5, 0.6) is 11.5 Å². The summed E-state index contributed by atoms with van der Waals surface area (Å²) in [5.74, 6) is 0.914. The van der Waals surface area contributed by atoms with E-state index in [1.54, 1.807) is 19.2 Å². The smallest absolute Gasteiger partial charge is 0.336 e. The van der Waals surface area contributed by atoms with Gasteiger partial charge >= 0.3 is 5.63 Å². The van der Waals surface area contributed by atoms with Crippen LogP contribution in [0.4, 0.5) is 0 Å². The van der Waals surface area contributed by atoms with Gasteiger partial charge in [-0.2, -0.15) is 0 Å². The van der Waals surface area contributed by atoms with E-state index in [0.717, 1.165) is 22.3 Å². The lowest BCUT2D eigenvalue weighted by atomic mass is 10.1. The van der Waals surface area contributed by atoms with Gasteiger partial charge in [-0.1, -0.05) is 18.2 Å². The van der Waals surface area contributed by atoms with Gasteiger partial charge in [0.1, 0.15) is 17.1 Å². The van der Waals surface area contributed by atoms with E-state index in [-0.39, 0.29) is 5.75 Å². The van der Waals surface area contributed by atoms with E-state index in [1.807, 2.05) is 31.3 Å². The number of fused-ring (bicyclic) bond motifs is 1. The van der Waals surface area contributed by atoms with Crippen LogP contribution in [0, 0.1) is 0 Å². The third-order valence-corrected chi connectivity index (χ3v) is 3.89. The molecule has 0 aliphatic heterocycles. The average Bonchev–Trinajstić information content (AvgIpc) is 2.54. The Hall–Kier alpha value is -2.79. The number of nitrogens with zero attached hydrogens (tertiary/aromatic N) is 1. The fourth-order valence-corrected chi connectivity index (χ4v) is 2.82. The van der Waals surface area contributed by atoms with Crippen LogP contribution in [0.25, 0.3) is 11.0 Å². The molecule has 2 aromatic carbocycles. The second kappa shape index (κ2) is 6.76. The van der Waals surface area contributed by atoms with Gasteiger partial charge in [0.2, 0.25) is 0 Å². The predicted molar refractivity (Wildman–Crippen MR) is 92.3 cm³/mol. The first-order chi connectivity index (χ1) is 11.6. The van der Waals surface area contributed by atoms with Crippen molar-refractivity contribution in [1.82, 2.24) is 4.90 Å². The molecule has 3 rings (SSSR count). The van der Waals surface area contributed by atoms with Crippen molar-refractivity contribution in [3.05, 3.63) is 70.1 Å². The van der Waals surface area contributed by atoms with Gasteiger partial charge in [-0.25, -0.2) is 4.79 Å². The molecule has 0 saturated carbocycles. The number of para-hydroxylation sites is 1. The second-order valence-corrected chi connectivity index (χ2v) is 5.76. The van der Waals surface area contributed by atoms with Crippen LogP contribution < -0.4 is 10.4 Å². The largest absolute Gasteiger partial charge is 0.508 e. The van der Waals surface area contributed by atoms with Crippen LogP contribution >= 0.6 is 0 Å². The van der Waals surface area contributed by atoms with Crippen molar-refractivity contribution in [3.63, 3.8) is 0 Å². The molecule has 0 bridgehead atoms. The lowest BCUT2D eigenvalue weighted by molar-refractivity contribution is 0.310. The molecule has 0 aliphatic rings. The number of benzene rings is 2. The molecule has 3 aromatic rings. The minimum absolute atomic E-state index is 0.0742. The molecule has 24 heavy (non-hydrogen) atoms. The van der Waals surface area contributed by atoms with Crippen LogP contribution in [-0.4, -0.2) is 24.2 Å². The normalized spacial score (nSPS) is 11.1. The van der Waals surface area contributed by atoms with Gasteiger partial charge < -0.3 is 14.3 Å². The molecule has 0 fully saturated rings. The summed E-state index contributed by atoms with van der Waals surface area (Å²) in [4.78, 5) is 13.9. The second-order valence-electron chi connectivity index (χ2n) is 5.76. The summed E-state index contributed by atoms with van der Waals surface area (Å²) in [7, 11) is 3.63. The number of phenolic OH excluding ortho intramolecular Hbond substituents is 1. The summed E-state index contributed by atoms with van der Waals surface area (Å²) in [5.41, 5.74) is 1.91. The van der Waals surface area contributed by atoms with Crippen molar-refractivity contribution in [2.45, 2.75) is 13.1 Å². The summed E-state index contributed by atoms with van der Waals surface area (Å²) in [5, 5.41) is 10.4. The first kappa shape index (κ1) is 16.1. The first-order valence-corrected chi connectivity index (χ1v) is 7.63. The van der Waals surface area contributed by atoms with Crippen LogP contribution in [-0.2, 0) is 13.1 Å². The van der Waals surface area contributed by atoms with Crippen LogP contribution in [0.2, 0.25) is 0 Å². The Morgan fingerprint density at radius 1 is 1.08 bits per heavy atom. The summed E-state index contributed by atoms with van der Waals surface area (Å²) < 4.78 is 10.5. The molecule has 5 heteroatoms. The molecule has 1 heterocycles. The number of ether oxygens (including phenoxy) is 1. The van der Waals surface area contributed by atoms with Crippen molar-refractivity contribution in [2.75, 3.05) is 14.2 Å².